The summed E-state index contributed by atoms with van der Waals surface area (Å²) in [5.41, 5.74) is -0.810. The van der Waals surface area contributed by atoms with Crippen LogP contribution in [0.4, 0.5) is 4.79 Å². The van der Waals surface area contributed by atoms with Crippen LogP contribution >= 0.6 is 0 Å². The molecule has 6 atom stereocenters. The van der Waals surface area contributed by atoms with Gasteiger partial charge in [-0.2, -0.15) is 0 Å². The van der Waals surface area contributed by atoms with Gasteiger partial charge in [-0.1, -0.05) is 0 Å². The van der Waals surface area contributed by atoms with Crippen LogP contribution in [0.2, 0.25) is 19.6 Å². The molecule has 11 heteroatoms. The van der Waals surface area contributed by atoms with E-state index in [4.69, 9.17) is 28.1 Å². The minimum atomic E-state index is -2.16. The van der Waals surface area contributed by atoms with Gasteiger partial charge >= 0.3 is 6.09 Å². The van der Waals surface area contributed by atoms with Crippen molar-refractivity contribution in [1.82, 2.24) is 4.90 Å². The van der Waals surface area contributed by atoms with Gasteiger partial charge in [0.2, 0.25) is 5.91 Å². The van der Waals surface area contributed by atoms with E-state index in [0.717, 1.165) is 4.90 Å². The van der Waals surface area contributed by atoms with Crippen molar-refractivity contribution < 1.29 is 42.8 Å². The molecule has 35 heavy (non-hydrogen) atoms. The number of hydrogen-bond donors (Lipinski definition) is 1. The van der Waals surface area contributed by atoms with Gasteiger partial charge in [-0.25, -0.2) is 9.69 Å². The summed E-state index contributed by atoms with van der Waals surface area (Å²) in [5, 5.41) is 11.2. The fourth-order valence-corrected chi connectivity index (χ4v) is 5.87. The zero-order valence-electron chi connectivity index (χ0n) is 22.7. The summed E-state index contributed by atoms with van der Waals surface area (Å²) in [4.78, 5) is 28.1. The molecule has 0 saturated carbocycles. The highest BCUT2D eigenvalue weighted by atomic mass is 28.4. The minimum Gasteiger partial charge on any atom is -0.443 e. The number of hydrogen-bond acceptors (Lipinski definition) is 9. The number of carbonyl (C=O) groups is 2. The van der Waals surface area contributed by atoms with E-state index in [-0.39, 0.29) is 19.6 Å². The molecule has 3 aliphatic rings. The van der Waals surface area contributed by atoms with Crippen LogP contribution in [0.15, 0.2) is 0 Å². The minimum absolute atomic E-state index is 0.150. The first-order valence-corrected chi connectivity index (χ1v) is 15.7. The molecule has 2 amide bonds. The lowest BCUT2D eigenvalue weighted by Gasteiger charge is -2.37. The third kappa shape index (κ3) is 7.03. The third-order valence-electron chi connectivity index (χ3n) is 6.06. The Labute approximate surface area is 209 Å². The SMILES string of the molecule is CC(C)(C)OC(=O)N1C(=O)[C@@H]([C@@H](O)[C@H]2COC(C)(C)O2)C[C@H]1[C@@H](O[Si](C)(C)C)[C@@H]1COC(C)(C)O1. The maximum Gasteiger partial charge on any atom is 0.417 e. The molecule has 3 aliphatic heterocycles. The predicted molar refractivity (Wildman–Crippen MR) is 129 cm³/mol. The molecule has 0 aromatic carbocycles. The molecule has 0 radical (unpaired) electrons. The summed E-state index contributed by atoms with van der Waals surface area (Å²) in [6.07, 6.45) is -3.60. The highest BCUT2D eigenvalue weighted by Gasteiger charge is 2.56. The van der Waals surface area contributed by atoms with Crippen molar-refractivity contribution in [3.8, 4) is 0 Å². The van der Waals surface area contributed by atoms with Crippen LogP contribution in [-0.4, -0.2) is 91.2 Å². The van der Waals surface area contributed by atoms with Crippen LogP contribution in [0, 0.1) is 5.92 Å². The van der Waals surface area contributed by atoms with E-state index in [1.54, 1.807) is 34.6 Å². The van der Waals surface area contributed by atoms with Crippen molar-refractivity contribution in [2.75, 3.05) is 13.2 Å². The average Bonchev–Trinajstić information content (AvgIpc) is 3.31. The molecule has 0 aromatic rings. The van der Waals surface area contributed by atoms with E-state index in [1.807, 2.05) is 33.5 Å². The largest absolute Gasteiger partial charge is 0.443 e. The lowest BCUT2D eigenvalue weighted by molar-refractivity contribution is -0.159. The first-order valence-electron chi connectivity index (χ1n) is 12.3. The smallest absolute Gasteiger partial charge is 0.417 e. The Bertz CT molecular complexity index is 804. The fraction of sp³-hybridized carbons (Fsp3) is 0.917. The Morgan fingerprint density at radius 2 is 1.57 bits per heavy atom. The van der Waals surface area contributed by atoms with Crippen molar-refractivity contribution >= 4 is 20.3 Å². The first kappa shape index (κ1) is 28.5. The van der Waals surface area contributed by atoms with Gasteiger partial charge in [0.05, 0.1) is 37.4 Å². The molecule has 3 saturated heterocycles. The number of rotatable bonds is 6. The van der Waals surface area contributed by atoms with Crippen molar-refractivity contribution in [1.29, 1.82) is 0 Å². The Morgan fingerprint density at radius 1 is 1.06 bits per heavy atom. The number of aliphatic hydroxyl groups is 1. The Kier molecular flexibility index (Phi) is 7.86. The van der Waals surface area contributed by atoms with Gasteiger partial charge in [0.25, 0.3) is 0 Å². The van der Waals surface area contributed by atoms with Gasteiger partial charge in [0, 0.05) is 0 Å². The summed E-state index contributed by atoms with van der Waals surface area (Å²) in [5.74, 6) is -3.09. The normalized spacial score (nSPS) is 32.7. The second-order valence-corrected chi connectivity index (χ2v) is 17.0. The molecule has 3 rings (SSSR count). The number of carbonyl (C=O) groups excluding carboxylic acids is 2. The maximum absolute atomic E-state index is 13.7. The first-order chi connectivity index (χ1) is 15.8. The lowest BCUT2D eigenvalue weighted by Crippen LogP contribution is -2.55. The molecule has 3 fully saturated rings. The van der Waals surface area contributed by atoms with Gasteiger partial charge in [0.1, 0.15) is 17.8 Å². The summed E-state index contributed by atoms with van der Waals surface area (Å²) in [6.45, 7) is 18.9. The number of ether oxygens (including phenoxy) is 5. The van der Waals surface area contributed by atoms with Gasteiger partial charge in [0.15, 0.2) is 19.9 Å². The van der Waals surface area contributed by atoms with Crippen LogP contribution in [0.3, 0.4) is 0 Å². The topological polar surface area (TPSA) is 113 Å². The molecule has 1 N–H and O–H groups in total. The van der Waals surface area contributed by atoms with Crippen LogP contribution < -0.4 is 0 Å². The monoisotopic (exact) mass is 517 g/mol. The van der Waals surface area contributed by atoms with Crippen LogP contribution in [0.1, 0.15) is 54.9 Å². The van der Waals surface area contributed by atoms with Crippen molar-refractivity contribution in [3.05, 3.63) is 0 Å². The molecule has 0 bridgehead atoms. The van der Waals surface area contributed by atoms with E-state index >= 15 is 0 Å². The quantitative estimate of drug-likeness (QED) is 0.531. The van der Waals surface area contributed by atoms with Crippen molar-refractivity contribution in [3.63, 3.8) is 0 Å². The highest BCUT2D eigenvalue weighted by molar-refractivity contribution is 6.69. The molecule has 0 aliphatic carbocycles. The predicted octanol–water partition coefficient (Wildman–Crippen LogP) is 3.02. The van der Waals surface area contributed by atoms with E-state index in [9.17, 15) is 14.7 Å². The second-order valence-electron chi connectivity index (χ2n) is 12.5. The molecule has 0 aromatic heterocycles. The number of nitrogens with zero attached hydrogens (tertiary/aromatic N) is 1. The zero-order valence-corrected chi connectivity index (χ0v) is 23.7. The van der Waals surface area contributed by atoms with Crippen molar-refractivity contribution in [2.24, 2.45) is 5.92 Å². The molecule has 3 heterocycles. The van der Waals surface area contributed by atoms with Crippen LogP contribution in [0.5, 0.6) is 0 Å². The van der Waals surface area contributed by atoms with Gasteiger partial charge in [-0.3, -0.25) is 4.79 Å². The van der Waals surface area contributed by atoms with E-state index in [1.165, 1.54) is 0 Å². The standard InChI is InChI=1S/C24H43NO9Si/c1-22(2,3)33-21(28)25-15(19(34-35(8,9)10)17-13-30-24(6,7)32-17)11-14(20(25)27)18(26)16-12-29-23(4,5)31-16/h14-19,26H,11-13H2,1-10H3/t14-,15+,16-,17+,18-,19-/m1/s1. The molecule has 0 spiro atoms. The van der Waals surface area contributed by atoms with E-state index in [0.29, 0.717) is 0 Å². The Hall–Kier alpha value is -1.08. The van der Waals surface area contributed by atoms with Gasteiger partial charge in [-0.15, -0.1) is 0 Å². The van der Waals surface area contributed by atoms with Crippen LogP contribution in [-0.2, 0) is 32.9 Å². The molecular weight excluding hydrogens is 474 g/mol. The number of amides is 2. The zero-order chi connectivity index (χ0) is 26.6. The fourth-order valence-electron chi connectivity index (χ4n) is 4.74. The highest BCUT2D eigenvalue weighted by Crippen LogP contribution is 2.39. The number of aliphatic hydroxyl groups excluding tert-OH is 1. The van der Waals surface area contributed by atoms with Gasteiger partial charge < -0.3 is 33.2 Å². The second kappa shape index (κ2) is 9.66. The van der Waals surface area contributed by atoms with E-state index in [2.05, 4.69) is 0 Å². The van der Waals surface area contributed by atoms with Crippen LogP contribution in [0.25, 0.3) is 0 Å². The van der Waals surface area contributed by atoms with Crippen molar-refractivity contribution in [2.45, 2.75) is 122 Å². The average molecular weight is 518 g/mol. The molecule has 10 nitrogen and oxygen atoms in total. The number of likely N-dealkylation sites (tertiary alicyclic amines) is 1. The van der Waals surface area contributed by atoms with Gasteiger partial charge in [-0.05, 0) is 74.5 Å². The summed E-state index contributed by atoms with van der Waals surface area (Å²) in [7, 11) is -2.16. The maximum atomic E-state index is 13.7. The van der Waals surface area contributed by atoms with E-state index < -0.39 is 73.9 Å². The third-order valence-corrected chi connectivity index (χ3v) is 7.04. The molecule has 0 unspecified atom stereocenters. The Morgan fingerprint density at radius 3 is 2.00 bits per heavy atom. The Balaban J connectivity index is 1.95. The lowest BCUT2D eigenvalue weighted by atomic mass is 9.92. The number of imide groups is 1. The summed E-state index contributed by atoms with van der Waals surface area (Å²) >= 11 is 0. The summed E-state index contributed by atoms with van der Waals surface area (Å²) < 4.78 is 35.5. The molecule has 202 valence electrons. The summed E-state index contributed by atoms with van der Waals surface area (Å²) in [6, 6.07) is -0.707. The molecular formula is C24H43NO9Si.